The molecule has 0 saturated heterocycles. The second-order valence-corrected chi connectivity index (χ2v) is 12.9. The highest BCUT2D eigenvalue weighted by Gasteiger charge is 2.29. The van der Waals surface area contributed by atoms with Gasteiger partial charge in [0, 0.05) is 10.8 Å². The lowest BCUT2D eigenvalue weighted by Crippen LogP contribution is -2.32. The first-order valence-corrected chi connectivity index (χ1v) is 15.8. The van der Waals surface area contributed by atoms with Crippen molar-refractivity contribution in [3.05, 3.63) is 135 Å². The lowest BCUT2D eigenvalue weighted by Gasteiger charge is -2.21. The van der Waals surface area contributed by atoms with Crippen molar-refractivity contribution < 1.29 is 12.8 Å². The molecule has 1 aromatic heterocycles. The molecule has 6 nitrogen and oxygen atoms in total. The Hall–Kier alpha value is -3.21. The Morgan fingerprint density at radius 2 is 1.61 bits per heavy atom. The summed E-state index contributed by atoms with van der Waals surface area (Å²) in [5, 5.41) is 10.2. The number of rotatable bonds is 10. The van der Waals surface area contributed by atoms with Crippen LogP contribution in [-0.4, -0.2) is 23.2 Å². The lowest BCUT2D eigenvalue weighted by molar-refractivity contribution is 0.537. The number of thioether (sulfide) groups is 1. The first-order chi connectivity index (χ1) is 19.7. The van der Waals surface area contributed by atoms with Gasteiger partial charge in [-0.15, -0.1) is 10.2 Å². The van der Waals surface area contributed by atoms with Crippen LogP contribution < -0.4 is 4.72 Å². The lowest BCUT2D eigenvalue weighted by atomic mass is 10.1. The van der Waals surface area contributed by atoms with Crippen LogP contribution in [0.4, 0.5) is 4.39 Å². The van der Waals surface area contributed by atoms with Crippen LogP contribution in [0.2, 0.25) is 10.0 Å². The van der Waals surface area contributed by atoms with E-state index in [9.17, 15) is 12.8 Å². The van der Waals surface area contributed by atoms with Gasteiger partial charge < -0.3 is 0 Å². The first kappa shape index (κ1) is 29.3. The Bertz CT molecular complexity index is 1750. The summed E-state index contributed by atoms with van der Waals surface area (Å²) in [7, 11) is -3.94. The zero-order valence-corrected chi connectivity index (χ0v) is 25.0. The van der Waals surface area contributed by atoms with Gasteiger partial charge in [0.2, 0.25) is 10.0 Å². The van der Waals surface area contributed by atoms with Gasteiger partial charge in [0.15, 0.2) is 11.0 Å². The molecule has 0 radical (unpaired) electrons. The fourth-order valence-corrected chi connectivity index (χ4v) is 6.82. The molecule has 1 unspecified atom stereocenters. The van der Waals surface area contributed by atoms with E-state index in [0.717, 1.165) is 16.7 Å². The molecular weight excluding hydrogens is 602 g/mol. The van der Waals surface area contributed by atoms with Gasteiger partial charge in [-0.3, -0.25) is 4.57 Å². The van der Waals surface area contributed by atoms with E-state index in [1.807, 2.05) is 37.3 Å². The zero-order valence-electron chi connectivity index (χ0n) is 21.8. The number of benzene rings is 4. The van der Waals surface area contributed by atoms with Crippen LogP contribution >= 0.6 is 35.0 Å². The molecule has 5 rings (SSSR count). The number of hydrogen-bond donors (Lipinski definition) is 1. The minimum atomic E-state index is -3.94. The third kappa shape index (κ3) is 7.17. The van der Waals surface area contributed by atoms with Crippen molar-refractivity contribution in [3.8, 4) is 5.69 Å². The second-order valence-electron chi connectivity index (χ2n) is 9.36. The van der Waals surface area contributed by atoms with Gasteiger partial charge >= 0.3 is 0 Å². The van der Waals surface area contributed by atoms with E-state index in [0.29, 0.717) is 38.9 Å². The Labute approximate surface area is 252 Å². The van der Waals surface area contributed by atoms with Gasteiger partial charge in [0.25, 0.3) is 0 Å². The molecule has 0 spiro atoms. The standard InChI is InChI=1S/C30H25Cl2FN4O2S2/c1-20-7-14-25(15-8-20)41(38,39)36-27(17-21-5-3-2-4-6-21)29-34-35-30(40-19-22-9-12-24(33)13-10-22)37(29)28-16-11-23(31)18-26(28)32/h2-16,18,27,36H,17,19H2,1H3. The molecule has 41 heavy (non-hydrogen) atoms. The van der Waals surface area contributed by atoms with Gasteiger partial charge in [-0.2, -0.15) is 0 Å². The highest BCUT2D eigenvalue weighted by molar-refractivity contribution is 7.98. The van der Waals surface area contributed by atoms with Crippen molar-refractivity contribution >= 4 is 45.0 Å². The number of aromatic nitrogens is 3. The summed E-state index contributed by atoms with van der Waals surface area (Å²) < 4.78 is 45.2. The van der Waals surface area contributed by atoms with Crippen LogP contribution in [0.1, 0.15) is 28.6 Å². The second kappa shape index (κ2) is 12.8. The quantitative estimate of drug-likeness (QED) is 0.162. The molecule has 0 aliphatic carbocycles. The van der Waals surface area contributed by atoms with Crippen molar-refractivity contribution in [2.24, 2.45) is 0 Å². The number of nitrogens with zero attached hydrogens (tertiary/aromatic N) is 3. The number of sulfonamides is 1. The smallest absolute Gasteiger partial charge is 0.241 e. The van der Waals surface area contributed by atoms with Crippen LogP contribution in [0.5, 0.6) is 0 Å². The van der Waals surface area contributed by atoms with Crippen LogP contribution in [0.15, 0.2) is 107 Å². The molecule has 1 heterocycles. The van der Waals surface area contributed by atoms with Gasteiger partial charge in [-0.25, -0.2) is 17.5 Å². The summed E-state index contributed by atoms with van der Waals surface area (Å²) >= 11 is 14.2. The average molecular weight is 628 g/mol. The molecule has 210 valence electrons. The molecule has 0 bridgehead atoms. The SMILES string of the molecule is Cc1ccc(S(=O)(=O)NC(Cc2ccccc2)c2nnc(SCc3ccc(F)cc3)n2-c2ccc(Cl)cc2Cl)cc1. The van der Waals surface area contributed by atoms with Gasteiger partial charge in [-0.1, -0.05) is 95.1 Å². The molecule has 0 aliphatic heterocycles. The van der Waals surface area contributed by atoms with Crippen molar-refractivity contribution in [1.29, 1.82) is 0 Å². The van der Waals surface area contributed by atoms with Crippen molar-refractivity contribution in [2.45, 2.75) is 35.2 Å². The van der Waals surface area contributed by atoms with Gasteiger partial charge in [-0.05, 0) is 66.9 Å². The average Bonchev–Trinajstić information content (AvgIpc) is 3.37. The summed E-state index contributed by atoms with van der Waals surface area (Å²) in [6.45, 7) is 1.89. The fourth-order valence-electron chi connectivity index (χ4n) is 4.23. The third-order valence-corrected chi connectivity index (χ3v) is 9.34. The van der Waals surface area contributed by atoms with Crippen LogP contribution in [0.3, 0.4) is 0 Å². The highest BCUT2D eigenvalue weighted by atomic mass is 35.5. The maximum absolute atomic E-state index is 13.6. The summed E-state index contributed by atoms with van der Waals surface area (Å²) in [5.41, 5.74) is 3.28. The van der Waals surface area contributed by atoms with Crippen LogP contribution in [0, 0.1) is 12.7 Å². The number of aryl methyl sites for hydroxylation is 1. The third-order valence-electron chi connectivity index (χ3n) is 6.31. The molecule has 11 heteroatoms. The van der Waals surface area contributed by atoms with E-state index in [1.165, 1.54) is 23.9 Å². The van der Waals surface area contributed by atoms with Crippen LogP contribution in [0.25, 0.3) is 5.69 Å². The number of nitrogens with one attached hydrogen (secondary N) is 1. The number of halogens is 3. The van der Waals surface area contributed by atoms with E-state index >= 15 is 0 Å². The van der Waals surface area contributed by atoms with E-state index in [1.54, 1.807) is 59.2 Å². The predicted octanol–water partition coefficient (Wildman–Crippen LogP) is 7.58. The normalized spacial score (nSPS) is 12.4. The fraction of sp³-hybridized carbons (Fsp3) is 0.133. The Kier molecular flexibility index (Phi) is 9.11. The van der Waals surface area contributed by atoms with Crippen molar-refractivity contribution in [2.75, 3.05) is 0 Å². The van der Waals surface area contributed by atoms with Gasteiger partial charge in [0.1, 0.15) is 5.82 Å². The molecule has 0 saturated carbocycles. The number of hydrogen-bond acceptors (Lipinski definition) is 5. The Morgan fingerprint density at radius 1 is 0.902 bits per heavy atom. The summed E-state index contributed by atoms with van der Waals surface area (Å²) in [5.74, 6) is 0.513. The van der Waals surface area contributed by atoms with Crippen molar-refractivity contribution in [3.63, 3.8) is 0 Å². The van der Waals surface area contributed by atoms with Crippen LogP contribution in [-0.2, 0) is 22.2 Å². The summed E-state index contributed by atoms with van der Waals surface area (Å²) in [6, 6.07) is 26.6. The van der Waals surface area contributed by atoms with Gasteiger partial charge in [0.05, 0.1) is 21.6 Å². The highest BCUT2D eigenvalue weighted by Crippen LogP contribution is 2.33. The van der Waals surface area contributed by atoms with E-state index in [4.69, 9.17) is 23.2 Å². The molecule has 4 aromatic carbocycles. The maximum atomic E-state index is 13.6. The topological polar surface area (TPSA) is 76.9 Å². The molecule has 5 aromatic rings. The molecule has 1 atom stereocenters. The predicted molar refractivity (Wildman–Crippen MR) is 162 cm³/mol. The van der Waals surface area contributed by atoms with E-state index in [2.05, 4.69) is 14.9 Å². The largest absolute Gasteiger partial charge is 0.271 e. The molecule has 1 N–H and O–H groups in total. The summed E-state index contributed by atoms with van der Waals surface area (Å²) in [6.07, 6.45) is 0.303. The van der Waals surface area contributed by atoms with E-state index in [-0.39, 0.29) is 10.7 Å². The Balaban J connectivity index is 1.59. The van der Waals surface area contributed by atoms with Crippen molar-refractivity contribution in [1.82, 2.24) is 19.5 Å². The zero-order chi connectivity index (χ0) is 29.0. The summed E-state index contributed by atoms with van der Waals surface area (Å²) in [4.78, 5) is 0.141. The monoisotopic (exact) mass is 626 g/mol. The Morgan fingerprint density at radius 3 is 2.29 bits per heavy atom. The maximum Gasteiger partial charge on any atom is 0.241 e. The molecular formula is C30H25Cl2FN4O2S2. The molecule has 0 amide bonds. The molecule has 0 aliphatic rings. The molecule has 0 fully saturated rings. The first-order valence-electron chi connectivity index (χ1n) is 12.6. The van der Waals surface area contributed by atoms with E-state index < -0.39 is 16.1 Å². The minimum Gasteiger partial charge on any atom is -0.271 e. The minimum absolute atomic E-state index is 0.141.